The van der Waals surface area contributed by atoms with E-state index >= 15 is 0 Å². The minimum absolute atomic E-state index is 0.0262. The number of nitrogens with zero attached hydrogens (tertiary/aromatic N) is 2. The highest BCUT2D eigenvalue weighted by Gasteiger charge is 2.63. The van der Waals surface area contributed by atoms with Gasteiger partial charge in [-0.2, -0.15) is 5.26 Å². The Balaban J connectivity index is 1.47. The van der Waals surface area contributed by atoms with E-state index in [9.17, 15) is 0 Å². The highest BCUT2D eigenvalue weighted by atomic mass is 35.5. The average Bonchev–Trinajstić information content (AvgIpc) is 2.90. The lowest BCUT2D eigenvalue weighted by atomic mass is 9.46. The minimum atomic E-state index is -0.140. The van der Waals surface area contributed by atoms with Crippen LogP contribution in [0.5, 0.6) is 5.75 Å². The monoisotopic (exact) mass is 540 g/mol. The Hall–Kier alpha value is -2.93. The second-order valence-electron chi connectivity index (χ2n) is 12.6. The first-order valence-electron chi connectivity index (χ1n) is 14.4. The van der Waals surface area contributed by atoms with E-state index in [1.165, 1.54) is 31.2 Å². The summed E-state index contributed by atoms with van der Waals surface area (Å²) in [6, 6.07) is 11.6. The van der Waals surface area contributed by atoms with Crippen molar-refractivity contribution in [2.24, 2.45) is 28.6 Å². The lowest BCUT2D eigenvalue weighted by molar-refractivity contribution is -0.172. The third-order valence-electron chi connectivity index (χ3n) is 8.83. The van der Waals surface area contributed by atoms with Crippen LogP contribution in [0.4, 0.5) is 0 Å². The van der Waals surface area contributed by atoms with Gasteiger partial charge in [-0.1, -0.05) is 77.0 Å². The van der Waals surface area contributed by atoms with Crippen molar-refractivity contribution in [1.29, 1.82) is 5.26 Å². The number of ether oxygens (including phenoxy) is 1. The Morgan fingerprint density at radius 1 is 1.05 bits per heavy atom. The van der Waals surface area contributed by atoms with Crippen LogP contribution in [0.3, 0.4) is 0 Å². The maximum absolute atomic E-state index is 9.16. The van der Waals surface area contributed by atoms with Crippen molar-refractivity contribution >= 4 is 11.6 Å². The first-order chi connectivity index (χ1) is 18.5. The number of aryl methyl sites for hydroxylation is 1. The van der Waals surface area contributed by atoms with Crippen LogP contribution in [0.2, 0.25) is 5.02 Å². The van der Waals surface area contributed by atoms with Crippen molar-refractivity contribution in [1.82, 2.24) is 4.98 Å². The second kappa shape index (κ2) is 11.7. The number of rotatable bonds is 4. The molecule has 0 amide bonds. The standard InChI is InChI=1S/C35H41ClN2O/c1-8-31-29(19-17-27(38-31)16-14-25-12-9-23(2)10-13-25)24(3)11-20-32-34(4,5)33(35(32,6)7)39-28-18-15-26(22-37)30(36)21-28/h15,17-19,21,23-25,32-33H,8-10,12-13H2,1-7H3. The lowest BCUT2D eigenvalue weighted by Crippen LogP contribution is -2.65. The molecule has 1 heterocycles. The van der Waals surface area contributed by atoms with Crippen LogP contribution in [0.15, 0.2) is 30.3 Å². The van der Waals surface area contributed by atoms with Gasteiger partial charge in [-0.3, -0.25) is 0 Å². The molecule has 1 unspecified atom stereocenters. The van der Waals surface area contributed by atoms with Gasteiger partial charge in [-0.05, 0) is 74.6 Å². The fraction of sp³-hybridized carbons (Fsp3) is 0.543. The van der Waals surface area contributed by atoms with Crippen LogP contribution in [-0.4, -0.2) is 11.1 Å². The quantitative estimate of drug-likeness (QED) is 0.365. The number of hydrogen-bond donors (Lipinski definition) is 0. The number of halogens is 1. The SMILES string of the molecule is CCc1nc(C#CC2CCC(C)CC2)ccc1C(C)C#CC1C(C)(C)C(Oc2ccc(C#N)c(Cl)c2)C1(C)C. The van der Waals surface area contributed by atoms with Crippen LogP contribution in [0, 0.1) is 63.6 Å². The van der Waals surface area contributed by atoms with E-state index in [2.05, 4.69) is 90.3 Å². The van der Waals surface area contributed by atoms with Gasteiger partial charge in [-0.15, -0.1) is 0 Å². The molecule has 204 valence electrons. The molecule has 0 spiro atoms. The Morgan fingerprint density at radius 2 is 1.74 bits per heavy atom. The predicted octanol–water partition coefficient (Wildman–Crippen LogP) is 8.58. The van der Waals surface area contributed by atoms with E-state index < -0.39 is 0 Å². The summed E-state index contributed by atoms with van der Waals surface area (Å²) in [5, 5.41) is 9.58. The van der Waals surface area contributed by atoms with E-state index in [0.29, 0.717) is 22.3 Å². The van der Waals surface area contributed by atoms with E-state index in [0.717, 1.165) is 23.7 Å². The third-order valence-corrected chi connectivity index (χ3v) is 9.14. The molecule has 2 aliphatic rings. The van der Waals surface area contributed by atoms with E-state index in [1.807, 2.05) is 6.07 Å². The van der Waals surface area contributed by atoms with Crippen molar-refractivity contribution in [3.63, 3.8) is 0 Å². The normalized spacial score (nSPS) is 25.5. The van der Waals surface area contributed by atoms with Gasteiger partial charge >= 0.3 is 0 Å². The zero-order chi connectivity index (χ0) is 28.4. The van der Waals surface area contributed by atoms with Crippen LogP contribution in [0.25, 0.3) is 0 Å². The van der Waals surface area contributed by atoms with E-state index in [1.54, 1.807) is 12.1 Å². The molecule has 2 aromatic rings. The van der Waals surface area contributed by atoms with Crippen LogP contribution < -0.4 is 4.74 Å². The van der Waals surface area contributed by atoms with Gasteiger partial charge in [0.2, 0.25) is 0 Å². The molecule has 2 fully saturated rings. The average molecular weight is 541 g/mol. The predicted molar refractivity (Wildman–Crippen MR) is 159 cm³/mol. The second-order valence-corrected chi connectivity index (χ2v) is 13.1. The summed E-state index contributed by atoms with van der Waals surface area (Å²) in [6.45, 7) is 15.5. The van der Waals surface area contributed by atoms with Gasteiger partial charge in [0, 0.05) is 40.3 Å². The summed E-state index contributed by atoms with van der Waals surface area (Å²) >= 11 is 6.24. The molecule has 0 aliphatic heterocycles. The molecule has 1 aromatic carbocycles. The molecule has 4 rings (SSSR count). The van der Waals surface area contributed by atoms with Crippen molar-refractivity contribution in [3.8, 4) is 35.5 Å². The zero-order valence-corrected chi connectivity index (χ0v) is 25.2. The summed E-state index contributed by atoms with van der Waals surface area (Å²) < 4.78 is 6.42. The number of aromatic nitrogens is 1. The molecule has 4 heteroatoms. The van der Waals surface area contributed by atoms with Gasteiger partial charge in [-0.25, -0.2) is 4.98 Å². The molecule has 1 atom stereocenters. The number of hydrogen-bond acceptors (Lipinski definition) is 3. The molecule has 0 N–H and O–H groups in total. The Morgan fingerprint density at radius 3 is 2.36 bits per heavy atom. The first-order valence-corrected chi connectivity index (χ1v) is 14.7. The van der Waals surface area contributed by atoms with Crippen molar-refractivity contribution < 1.29 is 4.74 Å². The van der Waals surface area contributed by atoms with Crippen molar-refractivity contribution in [3.05, 3.63) is 57.9 Å². The zero-order valence-electron chi connectivity index (χ0n) is 24.5. The fourth-order valence-corrected chi connectivity index (χ4v) is 6.93. The highest BCUT2D eigenvalue weighted by Crippen LogP contribution is 2.60. The topological polar surface area (TPSA) is 45.9 Å². The molecule has 0 radical (unpaired) electrons. The van der Waals surface area contributed by atoms with Gasteiger partial charge in [0.15, 0.2) is 0 Å². The summed E-state index contributed by atoms with van der Waals surface area (Å²) in [5.74, 6) is 16.3. The lowest BCUT2D eigenvalue weighted by Gasteiger charge is -2.61. The van der Waals surface area contributed by atoms with Crippen molar-refractivity contribution in [2.45, 2.75) is 92.6 Å². The number of pyridine rings is 1. The molecule has 39 heavy (non-hydrogen) atoms. The number of benzene rings is 1. The molecule has 2 saturated carbocycles. The Bertz CT molecular complexity index is 1350. The third kappa shape index (κ3) is 6.13. The number of nitriles is 1. The largest absolute Gasteiger partial charge is 0.489 e. The smallest absolute Gasteiger partial charge is 0.121 e. The maximum atomic E-state index is 9.16. The van der Waals surface area contributed by atoms with E-state index in [4.69, 9.17) is 26.6 Å². The molecular weight excluding hydrogens is 500 g/mol. The minimum Gasteiger partial charge on any atom is -0.489 e. The highest BCUT2D eigenvalue weighted by molar-refractivity contribution is 6.31. The van der Waals surface area contributed by atoms with Crippen LogP contribution >= 0.6 is 11.6 Å². The Kier molecular flexibility index (Phi) is 8.69. The summed E-state index contributed by atoms with van der Waals surface area (Å²) in [4.78, 5) is 4.92. The molecule has 1 aromatic heterocycles. The first kappa shape index (κ1) is 29.1. The van der Waals surface area contributed by atoms with Gasteiger partial charge in [0.1, 0.15) is 23.6 Å². The molecule has 0 bridgehead atoms. The van der Waals surface area contributed by atoms with Crippen molar-refractivity contribution in [2.75, 3.05) is 0 Å². The Labute approximate surface area is 240 Å². The van der Waals surface area contributed by atoms with Gasteiger partial charge < -0.3 is 4.74 Å². The maximum Gasteiger partial charge on any atom is 0.121 e. The summed E-state index contributed by atoms with van der Waals surface area (Å²) in [5.41, 5.74) is 3.33. The van der Waals surface area contributed by atoms with E-state index in [-0.39, 0.29) is 28.8 Å². The molecule has 0 saturated heterocycles. The van der Waals surface area contributed by atoms with Crippen LogP contribution in [-0.2, 0) is 6.42 Å². The summed E-state index contributed by atoms with van der Waals surface area (Å²) in [7, 11) is 0. The fourth-order valence-electron chi connectivity index (χ4n) is 6.72. The summed E-state index contributed by atoms with van der Waals surface area (Å²) in [6.07, 6.45) is 5.82. The molecule has 2 aliphatic carbocycles. The molecule has 3 nitrogen and oxygen atoms in total. The molecular formula is C35H41ClN2O. The van der Waals surface area contributed by atoms with Crippen LogP contribution in [0.1, 0.15) is 103 Å². The van der Waals surface area contributed by atoms with Gasteiger partial charge in [0.05, 0.1) is 10.6 Å². The van der Waals surface area contributed by atoms with Gasteiger partial charge in [0.25, 0.3) is 0 Å².